The third-order valence-corrected chi connectivity index (χ3v) is 4.26. The summed E-state index contributed by atoms with van der Waals surface area (Å²) in [5.74, 6) is -0.245. The van der Waals surface area contributed by atoms with Gasteiger partial charge in [0.25, 0.3) is 5.91 Å². The zero-order valence-electron chi connectivity index (χ0n) is 13.9. The number of fused-ring (bicyclic) bond motifs is 1. The van der Waals surface area contributed by atoms with Gasteiger partial charge in [-0.2, -0.15) is 5.26 Å². The van der Waals surface area contributed by atoms with Crippen LogP contribution in [-0.4, -0.2) is 64.9 Å². The molecule has 0 radical (unpaired) electrons. The van der Waals surface area contributed by atoms with Crippen LogP contribution in [0.1, 0.15) is 0 Å². The molecule has 2 heterocycles. The number of aromatic nitrogens is 2. The summed E-state index contributed by atoms with van der Waals surface area (Å²) >= 11 is 0. The zero-order chi connectivity index (χ0) is 17.6. The van der Waals surface area contributed by atoms with Gasteiger partial charge in [-0.1, -0.05) is 0 Å². The first-order valence-corrected chi connectivity index (χ1v) is 8.23. The number of nitriles is 1. The predicted molar refractivity (Wildman–Crippen MR) is 95.5 cm³/mol. The highest BCUT2D eigenvalue weighted by Crippen LogP contribution is 2.16. The third kappa shape index (κ3) is 3.96. The lowest BCUT2D eigenvalue weighted by Crippen LogP contribution is -2.50. The zero-order valence-corrected chi connectivity index (χ0v) is 13.9. The van der Waals surface area contributed by atoms with E-state index in [2.05, 4.69) is 20.2 Å². The Hall–Kier alpha value is -2.89. The largest absolute Gasteiger partial charge is 0.360 e. The van der Waals surface area contributed by atoms with Crippen molar-refractivity contribution in [1.29, 1.82) is 5.26 Å². The number of benzene rings is 1. The van der Waals surface area contributed by atoms with Crippen LogP contribution in [-0.2, 0) is 4.79 Å². The molecule has 8 nitrogen and oxygen atoms in total. The Bertz CT molecular complexity index is 812. The molecule has 0 atom stereocenters. The predicted octanol–water partition coefficient (Wildman–Crippen LogP) is 0.485. The molecule has 1 fully saturated rings. The van der Waals surface area contributed by atoms with Gasteiger partial charge < -0.3 is 20.9 Å². The second-order valence-corrected chi connectivity index (χ2v) is 5.87. The number of amides is 1. The Balaban J connectivity index is 1.64. The van der Waals surface area contributed by atoms with Gasteiger partial charge >= 0.3 is 0 Å². The first-order chi connectivity index (χ1) is 12.2. The van der Waals surface area contributed by atoms with Gasteiger partial charge in [0.15, 0.2) is 0 Å². The van der Waals surface area contributed by atoms with Crippen LogP contribution in [0.15, 0.2) is 36.3 Å². The standard InChI is InChI=1S/C17H21N7O/c18-3-4-23-5-7-24(8-6-23)17(25)13(10-19)11-20-14-1-2-15-16(9-14)22-12-21-15/h1-2,9,11-12,20H,3-8,18H2,(H,21,22)/b13-11-. The van der Waals surface area contributed by atoms with Crippen molar-refractivity contribution in [3.05, 3.63) is 36.3 Å². The number of rotatable bonds is 5. The van der Waals surface area contributed by atoms with Crippen LogP contribution < -0.4 is 11.1 Å². The maximum Gasteiger partial charge on any atom is 0.266 e. The van der Waals surface area contributed by atoms with Gasteiger partial charge in [-0.3, -0.25) is 9.69 Å². The summed E-state index contributed by atoms with van der Waals surface area (Å²) in [6.07, 6.45) is 3.09. The molecule has 1 aliphatic heterocycles. The van der Waals surface area contributed by atoms with E-state index in [0.717, 1.165) is 36.4 Å². The van der Waals surface area contributed by atoms with Crippen LogP contribution in [0.5, 0.6) is 0 Å². The second-order valence-electron chi connectivity index (χ2n) is 5.87. The Kier molecular flexibility index (Phi) is 5.28. The number of nitrogens with zero attached hydrogens (tertiary/aromatic N) is 4. The first-order valence-electron chi connectivity index (χ1n) is 8.23. The van der Waals surface area contributed by atoms with E-state index >= 15 is 0 Å². The van der Waals surface area contributed by atoms with Crippen molar-refractivity contribution in [3.63, 3.8) is 0 Å². The third-order valence-electron chi connectivity index (χ3n) is 4.26. The van der Waals surface area contributed by atoms with Gasteiger partial charge in [0, 0.05) is 51.2 Å². The summed E-state index contributed by atoms with van der Waals surface area (Å²) in [7, 11) is 0. The van der Waals surface area contributed by atoms with Crippen molar-refractivity contribution in [2.45, 2.75) is 0 Å². The monoisotopic (exact) mass is 339 g/mol. The van der Waals surface area contributed by atoms with Gasteiger partial charge in [-0.15, -0.1) is 0 Å². The fourth-order valence-corrected chi connectivity index (χ4v) is 2.85. The molecule has 130 valence electrons. The van der Waals surface area contributed by atoms with E-state index < -0.39 is 0 Å². The molecular weight excluding hydrogens is 318 g/mol. The smallest absolute Gasteiger partial charge is 0.266 e. The molecule has 1 aliphatic rings. The average molecular weight is 339 g/mol. The lowest BCUT2D eigenvalue weighted by molar-refractivity contribution is -0.128. The highest BCUT2D eigenvalue weighted by Gasteiger charge is 2.23. The molecule has 1 aromatic carbocycles. The Morgan fingerprint density at radius 1 is 1.40 bits per heavy atom. The number of carbonyl (C=O) groups is 1. The fraction of sp³-hybridized carbons (Fsp3) is 0.353. The summed E-state index contributed by atoms with van der Waals surface area (Å²) in [5.41, 5.74) is 8.18. The van der Waals surface area contributed by atoms with Crippen LogP contribution in [0.4, 0.5) is 5.69 Å². The Morgan fingerprint density at radius 3 is 2.92 bits per heavy atom. The fourth-order valence-electron chi connectivity index (χ4n) is 2.85. The minimum absolute atomic E-state index is 0.0944. The summed E-state index contributed by atoms with van der Waals surface area (Å²) in [6, 6.07) is 7.59. The number of H-pyrrole nitrogens is 1. The summed E-state index contributed by atoms with van der Waals surface area (Å²) < 4.78 is 0. The van der Waals surface area contributed by atoms with Crippen LogP contribution in [0, 0.1) is 11.3 Å². The normalized spacial score (nSPS) is 16.0. The minimum Gasteiger partial charge on any atom is -0.360 e. The van der Waals surface area contributed by atoms with Crippen molar-refractivity contribution in [3.8, 4) is 6.07 Å². The average Bonchev–Trinajstić information content (AvgIpc) is 3.11. The molecule has 8 heteroatoms. The molecule has 0 unspecified atom stereocenters. The number of piperazine rings is 1. The summed E-state index contributed by atoms with van der Waals surface area (Å²) in [4.78, 5) is 23.6. The maximum absolute atomic E-state index is 12.5. The van der Waals surface area contributed by atoms with Crippen LogP contribution in [0.25, 0.3) is 11.0 Å². The Morgan fingerprint density at radius 2 is 2.20 bits per heavy atom. The molecule has 0 bridgehead atoms. The first kappa shape index (κ1) is 17.0. The van der Waals surface area contributed by atoms with E-state index in [9.17, 15) is 10.1 Å². The van der Waals surface area contributed by atoms with Gasteiger partial charge in [-0.25, -0.2) is 4.98 Å². The molecule has 0 saturated carbocycles. The highest BCUT2D eigenvalue weighted by molar-refractivity contribution is 5.97. The quantitative estimate of drug-likeness (QED) is 0.539. The Labute approximate surface area is 145 Å². The van der Waals surface area contributed by atoms with E-state index in [1.165, 1.54) is 6.20 Å². The second kappa shape index (κ2) is 7.79. The van der Waals surface area contributed by atoms with Crippen molar-refractivity contribution < 1.29 is 4.79 Å². The lowest BCUT2D eigenvalue weighted by Gasteiger charge is -2.34. The molecule has 2 aromatic rings. The molecule has 1 saturated heterocycles. The van der Waals surface area contributed by atoms with E-state index in [-0.39, 0.29) is 11.5 Å². The van der Waals surface area contributed by atoms with Crippen LogP contribution >= 0.6 is 0 Å². The maximum atomic E-state index is 12.5. The number of nitrogens with two attached hydrogens (primary N) is 1. The van der Waals surface area contributed by atoms with Crippen molar-refractivity contribution in [1.82, 2.24) is 19.8 Å². The van der Waals surface area contributed by atoms with E-state index in [1.54, 1.807) is 11.2 Å². The molecule has 4 N–H and O–H groups in total. The number of nitrogens with one attached hydrogen (secondary N) is 2. The number of carbonyl (C=O) groups excluding carboxylic acids is 1. The number of aromatic amines is 1. The lowest BCUT2D eigenvalue weighted by atomic mass is 10.2. The molecule has 0 aliphatic carbocycles. The molecule has 3 rings (SSSR count). The molecule has 1 aromatic heterocycles. The van der Waals surface area contributed by atoms with Crippen molar-refractivity contribution in [2.24, 2.45) is 5.73 Å². The van der Waals surface area contributed by atoms with Gasteiger partial charge in [-0.05, 0) is 18.2 Å². The number of imidazole rings is 1. The van der Waals surface area contributed by atoms with Crippen LogP contribution in [0.2, 0.25) is 0 Å². The SMILES string of the molecule is N#C/C(=C/Nc1ccc2nc[nH]c2c1)C(=O)N1CCN(CCN)CC1. The van der Waals surface area contributed by atoms with Crippen molar-refractivity contribution >= 4 is 22.6 Å². The van der Waals surface area contributed by atoms with Gasteiger partial charge in [0.2, 0.25) is 0 Å². The van der Waals surface area contributed by atoms with E-state index in [1.807, 2.05) is 24.3 Å². The molecule has 1 amide bonds. The van der Waals surface area contributed by atoms with Crippen LogP contribution in [0.3, 0.4) is 0 Å². The minimum atomic E-state index is -0.245. The topological polar surface area (TPSA) is 114 Å². The number of anilines is 1. The number of hydrogen-bond donors (Lipinski definition) is 3. The van der Waals surface area contributed by atoms with E-state index in [0.29, 0.717) is 19.6 Å². The van der Waals surface area contributed by atoms with E-state index in [4.69, 9.17) is 5.73 Å². The molecule has 25 heavy (non-hydrogen) atoms. The summed E-state index contributed by atoms with van der Waals surface area (Å²) in [5, 5.41) is 12.4. The molecular formula is C17H21N7O. The number of hydrogen-bond acceptors (Lipinski definition) is 6. The van der Waals surface area contributed by atoms with Gasteiger partial charge in [0.1, 0.15) is 11.6 Å². The van der Waals surface area contributed by atoms with Gasteiger partial charge in [0.05, 0.1) is 17.4 Å². The summed E-state index contributed by atoms with van der Waals surface area (Å²) in [6.45, 7) is 4.23. The van der Waals surface area contributed by atoms with Crippen molar-refractivity contribution in [2.75, 3.05) is 44.6 Å². The molecule has 0 spiro atoms. The highest BCUT2D eigenvalue weighted by atomic mass is 16.2.